The third-order valence-electron chi connectivity index (χ3n) is 2.81. The van der Waals surface area contributed by atoms with E-state index in [0.717, 1.165) is 5.56 Å². The van der Waals surface area contributed by atoms with Crippen LogP contribution in [0.2, 0.25) is 0 Å². The Hall–Kier alpha value is -2.82. The van der Waals surface area contributed by atoms with Crippen molar-refractivity contribution in [1.29, 1.82) is 0 Å². The molecular formula is C16H16N2O3. The largest absolute Gasteiger partial charge is 0.483 e. The zero-order valence-electron chi connectivity index (χ0n) is 11.4. The van der Waals surface area contributed by atoms with Gasteiger partial charge in [-0.1, -0.05) is 47.6 Å². The molecule has 0 aliphatic rings. The maximum atomic E-state index is 11.7. The predicted molar refractivity (Wildman–Crippen MR) is 79.6 cm³/mol. The average Bonchev–Trinajstić information content (AvgIpc) is 2.53. The van der Waals surface area contributed by atoms with Gasteiger partial charge in [0.25, 0.3) is 5.91 Å². The summed E-state index contributed by atoms with van der Waals surface area (Å²) >= 11 is 0. The van der Waals surface area contributed by atoms with Gasteiger partial charge in [-0.15, -0.1) is 0 Å². The van der Waals surface area contributed by atoms with Gasteiger partial charge in [-0.25, -0.2) is 0 Å². The van der Waals surface area contributed by atoms with Gasteiger partial charge >= 0.3 is 0 Å². The minimum absolute atomic E-state index is 0.0941. The molecule has 1 amide bonds. The molecule has 21 heavy (non-hydrogen) atoms. The highest BCUT2D eigenvalue weighted by Crippen LogP contribution is 2.15. The van der Waals surface area contributed by atoms with Crippen LogP contribution >= 0.6 is 0 Å². The summed E-state index contributed by atoms with van der Waals surface area (Å²) in [5, 5.41) is 14.3. The van der Waals surface area contributed by atoms with Crippen molar-refractivity contribution >= 4 is 12.1 Å². The summed E-state index contributed by atoms with van der Waals surface area (Å²) in [6, 6.07) is 16.7. The van der Waals surface area contributed by atoms with Crippen LogP contribution in [0.1, 0.15) is 11.1 Å². The molecule has 0 atom stereocenters. The molecule has 0 aliphatic heterocycles. The second-order valence-corrected chi connectivity index (χ2v) is 4.33. The van der Waals surface area contributed by atoms with Crippen LogP contribution in [0.3, 0.4) is 0 Å². The summed E-state index contributed by atoms with van der Waals surface area (Å²) in [6.07, 6.45) is 1.26. The van der Waals surface area contributed by atoms with E-state index in [1.165, 1.54) is 6.21 Å². The van der Waals surface area contributed by atoms with Gasteiger partial charge in [0.15, 0.2) is 6.61 Å². The van der Waals surface area contributed by atoms with Gasteiger partial charge in [-0.05, 0) is 17.7 Å². The number of hydrogen-bond donors (Lipinski definition) is 2. The number of benzene rings is 2. The van der Waals surface area contributed by atoms with Crippen LogP contribution < -0.4 is 10.1 Å². The molecule has 2 rings (SSSR count). The van der Waals surface area contributed by atoms with Gasteiger partial charge in [0.05, 0.1) is 6.21 Å². The second kappa shape index (κ2) is 7.69. The summed E-state index contributed by atoms with van der Waals surface area (Å²) in [5.41, 5.74) is 1.63. The second-order valence-electron chi connectivity index (χ2n) is 4.33. The lowest BCUT2D eigenvalue weighted by Crippen LogP contribution is -2.28. The maximum absolute atomic E-state index is 11.7. The predicted octanol–water partition coefficient (Wildman–Crippen LogP) is 2.19. The first-order chi connectivity index (χ1) is 10.3. The lowest BCUT2D eigenvalue weighted by atomic mass is 10.2. The Morgan fingerprint density at radius 3 is 2.62 bits per heavy atom. The molecule has 0 saturated carbocycles. The van der Waals surface area contributed by atoms with Crippen molar-refractivity contribution in [2.45, 2.75) is 6.54 Å². The Kier molecular flexibility index (Phi) is 5.34. The van der Waals surface area contributed by atoms with E-state index in [2.05, 4.69) is 10.5 Å². The van der Waals surface area contributed by atoms with Crippen LogP contribution in [-0.2, 0) is 11.3 Å². The van der Waals surface area contributed by atoms with E-state index in [0.29, 0.717) is 17.9 Å². The number of nitrogens with zero attached hydrogens (tertiary/aromatic N) is 1. The highest BCUT2D eigenvalue weighted by Gasteiger charge is 2.05. The number of amides is 1. The van der Waals surface area contributed by atoms with Gasteiger partial charge in [-0.3, -0.25) is 4.79 Å². The molecule has 0 spiro atoms. The first-order valence-corrected chi connectivity index (χ1v) is 6.49. The van der Waals surface area contributed by atoms with Crippen molar-refractivity contribution in [3.8, 4) is 5.75 Å². The molecular weight excluding hydrogens is 268 g/mol. The van der Waals surface area contributed by atoms with Crippen LogP contribution in [0.15, 0.2) is 59.8 Å². The highest BCUT2D eigenvalue weighted by molar-refractivity contribution is 5.83. The minimum atomic E-state index is -0.213. The lowest BCUT2D eigenvalue weighted by molar-refractivity contribution is -0.123. The highest BCUT2D eigenvalue weighted by atomic mass is 16.5. The fraction of sp³-hybridized carbons (Fsp3) is 0.125. The molecule has 0 fully saturated rings. The number of nitrogens with one attached hydrogen (secondary N) is 1. The first kappa shape index (κ1) is 14.6. The molecule has 0 bridgehead atoms. The molecule has 0 radical (unpaired) electrons. The summed E-state index contributed by atoms with van der Waals surface area (Å²) in [5.74, 6) is 0.278. The van der Waals surface area contributed by atoms with Crippen molar-refractivity contribution in [1.82, 2.24) is 5.32 Å². The molecule has 2 N–H and O–H groups in total. The molecule has 0 heterocycles. The average molecular weight is 284 g/mol. The summed E-state index contributed by atoms with van der Waals surface area (Å²) < 4.78 is 5.43. The standard InChI is InChI=1S/C16H16N2O3/c19-16(17-10-13-6-2-1-3-7-13)12-21-15-9-5-4-8-14(15)11-18-20/h1-9,11,20H,10,12H2,(H,17,19). The minimum Gasteiger partial charge on any atom is -0.483 e. The SMILES string of the molecule is O=C(COc1ccccc1C=NO)NCc1ccccc1. The number of hydrogen-bond acceptors (Lipinski definition) is 4. The summed E-state index contributed by atoms with van der Waals surface area (Å²) in [4.78, 5) is 11.7. The van der Waals surface area contributed by atoms with Crippen molar-refractivity contribution in [2.24, 2.45) is 5.16 Å². The first-order valence-electron chi connectivity index (χ1n) is 6.49. The van der Waals surface area contributed by atoms with E-state index in [9.17, 15) is 4.79 Å². The Bertz CT molecular complexity index is 612. The van der Waals surface area contributed by atoms with E-state index in [4.69, 9.17) is 9.94 Å². The molecule has 108 valence electrons. The fourth-order valence-electron chi connectivity index (χ4n) is 1.77. The zero-order chi connectivity index (χ0) is 14.9. The molecule has 5 heteroatoms. The van der Waals surface area contributed by atoms with Gasteiger partial charge in [0.1, 0.15) is 5.75 Å². The van der Waals surface area contributed by atoms with E-state index in [1.807, 2.05) is 30.3 Å². The lowest BCUT2D eigenvalue weighted by Gasteiger charge is -2.09. The van der Waals surface area contributed by atoms with Crippen molar-refractivity contribution in [2.75, 3.05) is 6.61 Å². The van der Waals surface area contributed by atoms with Crippen LogP contribution in [0.25, 0.3) is 0 Å². The summed E-state index contributed by atoms with van der Waals surface area (Å²) in [6.45, 7) is 0.367. The van der Waals surface area contributed by atoms with Crippen LogP contribution in [-0.4, -0.2) is 23.9 Å². The van der Waals surface area contributed by atoms with Crippen molar-refractivity contribution in [3.05, 3.63) is 65.7 Å². The quantitative estimate of drug-likeness (QED) is 0.485. The van der Waals surface area contributed by atoms with E-state index in [1.54, 1.807) is 24.3 Å². The van der Waals surface area contributed by atoms with Crippen molar-refractivity contribution in [3.63, 3.8) is 0 Å². The fourth-order valence-corrected chi connectivity index (χ4v) is 1.77. The zero-order valence-corrected chi connectivity index (χ0v) is 11.4. The van der Waals surface area contributed by atoms with E-state index < -0.39 is 0 Å². The Balaban J connectivity index is 1.84. The van der Waals surface area contributed by atoms with Gasteiger partial charge in [-0.2, -0.15) is 0 Å². The third-order valence-corrected chi connectivity index (χ3v) is 2.81. The van der Waals surface area contributed by atoms with Crippen LogP contribution in [0.5, 0.6) is 5.75 Å². The molecule has 0 aliphatic carbocycles. The molecule has 0 saturated heterocycles. The molecule has 0 unspecified atom stereocenters. The molecule has 2 aromatic rings. The van der Waals surface area contributed by atoms with Crippen molar-refractivity contribution < 1.29 is 14.7 Å². The summed E-state index contributed by atoms with van der Waals surface area (Å²) in [7, 11) is 0. The number of para-hydroxylation sites is 1. The smallest absolute Gasteiger partial charge is 0.258 e. The molecule has 2 aromatic carbocycles. The Morgan fingerprint density at radius 2 is 1.86 bits per heavy atom. The Labute approximate surface area is 122 Å². The third kappa shape index (κ3) is 4.65. The van der Waals surface area contributed by atoms with E-state index in [-0.39, 0.29) is 12.5 Å². The number of carbonyl (C=O) groups is 1. The normalized spacial score (nSPS) is 10.5. The monoisotopic (exact) mass is 284 g/mol. The van der Waals surface area contributed by atoms with Gasteiger partial charge < -0.3 is 15.3 Å². The topological polar surface area (TPSA) is 70.9 Å². The van der Waals surface area contributed by atoms with Gasteiger partial charge in [0, 0.05) is 12.1 Å². The van der Waals surface area contributed by atoms with Gasteiger partial charge in [0.2, 0.25) is 0 Å². The number of carbonyl (C=O) groups excluding carboxylic acids is 1. The molecule has 5 nitrogen and oxygen atoms in total. The number of rotatable bonds is 6. The number of ether oxygens (including phenoxy) is 1. The van der Waals surface area contributed by atoms with Crippen LogP contribution in [0, 0.1) is 0 Å². The number of oxime groups is 1. The Morgan fingerprint density at radius 1 is 1.14 bits per heavy atom. The maximum Gasteiger partial charge on any atom is 0.258 e. The van der Waals surface area contributed by atoms with E-state index >= 15 is 0 Å². The van der Waals surface area contributed by atoms with Crippen LogP contribution in [0.4, 0.5) is 0 Å². The molecule has 0 aromatic heterocycles.